The van der Waals surface area contributed by atoms with Crippen molar-refractivity contribution in [2.75, 3.05) is 11.4 Å². The SMILES string of the molecule is O=C(NCc1ccccn1)[C@H]1CCN(c2ccc(Br)cc2F)C1=O. The number of anilines is 1. The van der Waals surface area contributed by atoms with E-state index in [9.17, 15) is 14.0 Å². The molecule has 3 rings (SSSR count). The number of hydrogen-bond donors (Lipinski definition) is 1. The molecule has 0 spiro atoms. The number of aromatic nitrogens is 1. The molecule has 0 radical (unpaired) electrons. The second kappa shape index (κ2) is 7.09. The van der Waals surface area contributed by atoms with Crippen molar-refractivity contribution in [1.29, 1.82) is 0 Å². The molecule has 0 unspecified atom stereocenters. The highest BCUT2D eigenvalue weighted by Gasteiger charge is 2.38. The number of carbonyl (C=O) groups excluding carboxylic acids is 2. The Hall–Kier alpha value is -2.28. The first kappa shape index (κ1) is 16.6. The van der Waals surface area contributed by atoms with E-state index in [4.69, 9.17) is 0 Å². The van der Waals surface area contributed by atoms with Crippen LogP contribution in [0.3, 0.4) is 0 Å². The lowest BCUT2D eigenvalue weighted by Crippen LogP contribution is -2.36. The van der Waals surface area contributed by atoms with Crippen molar-refractivity contribution in [3.63, 3.8) is 0 Å². The van der Waals surface area contributed by atoms with E-state index in [-0.39, 0.29) is 24.0 Å². The molecule has 0 aliphatic carbocycles. The second-order valence-corrected chi connectivity index (χ2v) is 6.38. The molecule has 2 heterocycles. The van der Waals surface area contributed by atoms with Crippen molar-refractivity contribution in [2.24, 2.45) is 5.92 Å². The van der Waals surface area contributed by atoms with Crippen molar-refractivity contribution in [3.05, 3.63) is 58.6 Å². The molecule has 24 heavy (non-hydrogen) atoms. The van der Waals surface area contributed by atoms with E-state index in [1.54, 1.807) is 24.4 Å². The van der Waals surface area contributed by atoms with Crippen LogP contribution in [0.2, 0.25) is 0 Å². The quantitative estimate of drug-likeness (QED) is 0.814. The Morgan fingerprint density at radius 3 is 2.92 bits per heavy atom. The van der Waals surface area contributed by atoms with E-state index in [1.165, 1.54) is 17.0 Å². The first-order chi connectivity index (χ1) is 11.6. The Morgan fingerprint density at radius 2 is 2.21 bits per heavy atom. The Balaban J connectivity index is 1.66. The molecular formula is C17H15BrFN3O2. The van der Waals surface area contributed by atoms with E-state index in [0.29, 0.717) is 23.1 Å². The molecule has 7 heteroatoms. The number of halogens is 2. The third-order valence-electron chi connectivity index (χ3n) is 3.89. The maximum Gasteiger partial charge on any atom is 0.239 e. The van der Waals surface area contributed by atoms with Gasteiger partial charge in [-0.3, -0.25) is 14.6 Å². The van der Waals surface area contributed by atoms with Gasteiger partial charge in [0, 0.05) is 17.2 Å². The van der Waals surface area contributed by atoms with Gasteiger partial charge < -0.3 is 10.2 Å². The Bertz CT molecular complexity index is 770. The summed E-state index contributed by atoms with van der Waals surface area (Å²) in [5.74, 6) is -2.02. The van der Waals surface area contributed by atoms with Gasteiger partial charge in [0.1, 0.15) is 11.7 Å². The van der Waals surface area contributed by atoms with Gasteiger partial charge >= 0.3 is 0 Å². The molecule has 1 saturated heterocycles. The van der Waals surface area contributed by atoms with Crippen LogP contribution in [0, 0.1) is 11.7 Å². The topological polar surface area (TPSA) is 62.3 Å². The highest BCUT2D eigenvalue weighted by Crippen LogP contribution is 2.29. The lowest BCUT2D eigenvalue weighted by atomic mass is 10.1. The van der Waals surface area contributed by atoms with Gasteiger partial charge in [-0.25, -0.2) is 4.39 Å². The van der Waals surface area contributed by atoms with E-state index in [1.807, 2.05) is 6.07 Å². The van der Waals surface area contributed by atoms with Crippen molar-refractivity contribution in [3.8, 4) is 0 Å². The average Bonchev–Trinajstić information content (AvgIpc) is 2.95. The molecule has 1 fully saturated rings. The summed E-state index contributed by atoms with van der Waals surface area (Å²) in [7, 11) is 0. The van der Waals surface area contributed by atoms with E-state index < -0.39 is 11.7 Å². The Morgan fingerprint density at radius 1 is 1.38 bits per heavy atom. The summed E-state index contributed by atoms with van der Waals surface area (Å²) < 4.78 is 14.6. The minimum atomic E-state index is -0.795. The van der Waals surface area contributed by atoms with Gasteiger partial charge in [0.15, 0.2) is 0 Å². The molecule has 1 atom stereocenters. The summed E-state index contributed by atoms with van der Waals surface area (Å²) >= 11 is 3.18. The molecule has 1 aliphatic heterocycles. The van der Waals surface area contributed by atoms with Crippen molar-refractivity contribution in [1.82, 2.24) is 10.3 Å². The molecule has 0 bridgehead atoms. The predicted molar refractivity (Wildman–Crippen MR) is 90.6 cm³/mol. The standard InChI is InChI=1S/C17H15BrFN3O2/c18-11-4-5-15(14(19)9-11)22-8-6-13(17(22)24)16(23)21-10-12-3-1-2-7-20-12/h1-5,7,9,13H,6,8,10H2,(H,21,23)/t13-/m1/s1. The minimum Gasteiger partial charge on any atom is -0.350 e. The van der Waals surface area contributed by atoms with Gasteiger partial charge in [0.2, 0.25) is 11.8 Å². The van der Waals surface area contributed by atoms with Gasteiger partial charge in [-0.2, -0.15) is 0 Å². The van der Waals surface area contributed by atoms with E-state index in [0.717, 1.165) is 0 Å². The minimum absolute atomic E-state index is 0.197. The zero-order valence-electron chi connectivity index (χ0n) is 12.7. The van der Waals surface area contributed by atoms with Gasteiger partial charge in [-0.1, -0.05) is 22.0 Å². The van der Waals surface area contributed by atoms with Gasteiger partial charge in [0.05, 0.1) is 17.9 Å². The first-order valence-electron chi connectivity index (χ1n) is 7.50. The predicted octanol–water partition coefficient (Wildman–Crippen LogP) is 2.65. The summed E-state index contributed by atoms with van der Waals surface area (Å²) in [6.45, 7) is 0.579. The lowest BCUT2D eigenvalue weighted by molar-refractivity contribution is -0.132. The number of nitrogens with zero attached hydrogens (tertiary/aromatic N) is 2. The number of amides is 2. The summed E-state index contributed by atoms with van der Waals surface area (Å²) in [5, 5.41) is 2.72. The molecule has 2 amide bonds. The molecular weight excluding hydrogens is 377 g/mol. The van der Waals surface area contributed by atoms with Crippen LogP contribution in [0.1, 0.15) is 12.1 Å². The van der Waals surface area contributed by atoms with Crippen LogP contribution in [-0.4, -0.2) is 23.3 Å². The fraction of sp³-hybridized carbons (Fsp3) is 0.235. The third-order valence-corrected chi connectivity index (χ3v) is 4.39. The molecule has 124 valence electrons. The van der Waals surface area contributed by atoms with Crippen LogP contribution in [-0.2, 0) is 16.1 Å². The maximum atomic E-state index is 14.0. The molecule has 1 aromatic carbocycles. The number of carbonyl (C=O) groups is 2. The molecule has 2 aromatic rings. The number of rotatable bonds is 4. The smallest absolute Gasteiger partial charge is 0.239 e. The number of hydrogen-bond acceptors (Lipinski definition) is 3. The largest absolute Gasteiger partial charge is 0.350 e. The molecule has 1 aromatic heterocycles. The lowest BCUT2D eigenvalue weighted by Gasteiger charge is -2.17. The average molecular weight is 392 g/mol. The summed E-state index contributed by atoms with van der Waals surface area (Å²) in [6, 6.07) is 9.91. The fourth-order valence-corrected chi connectivity index (χ4v) is 3.00. The number of nitrogens with one attached hydrogen (secondary N) is 1. The van der Waals surface area contributed by atoms with Gasteiger partial charge in [-0.15, -0.1) is 0 Å². The summed E-state index contributed by atoms with van der Waals surface area (Å²) in [4.78, 5) is 30.2. The number of benzene rings is 1. The Labute approximate surface area is 147 Å². The zero-order valence-corrected chi connectivity index (χ0v) is 14.3. The molecule has 5 nitrogen and oxygen atoms in total. The zero-order chi connectivity index (χ0) is 17.1. The van der Waals surface area contributed by atoms with Crippen LogP contribution in [0.15, 0.2) is 47.1 Å². The van der Waals surface area contributed by atoms with Crippen LogP contribution in [0.25, 0.3) is 0 Å². The molecule has 1 aliphatic rings. The summed E-state index contributed by atoms with van der Waals surface area (Å²) in [6.07, 6.45) is 2.00. The van der Waals surface area contributed by atoms with E-state index in [2.05, 4.69) is 26.2 Å². The molecule has 0 saturated carbocycles. The Kier molecular flexibility index (Phi) is 4.89. The van der Waals surface area contributed by atoms with Crippen LogP contribution in [0.5, 0.6) is 0 Å². The van der Waals surface area contributed by atoms with Crippen LogP contribution in [0.4, 0.5) is 10.1 Å². The maximum absolute atomic E-state index is 14.0. The third kappa shape index (κ3) is 3.46. The van der Waals surface area contributed by atoms with Crippen LogP contribution >= 0.6 is 15.9 Å². The van der Waals surface area contributed by atoms with E-state index >= 15 is 0 Å². The molecule has 1 N–H and O–H groups in total. The van der Waals surface area contributed by atoms with Crippen molar-refractivity contribution < 1.29 is 14.0 Å². The first-order valence-corrected chi connectivity index (χ1v) is 8.29. The van der Waals surface area contributed by atoms with Crippen molar-refractivity contribution >= 4 is 33.4 Å². The monoisotopic (exact) mass is 391 g/mol. The normalized spacial score (nSPS) is 17.2. The van der Waals surface area contributed by atoms with Crippen molar-refractivity contribution in [2.45, 2.75) is 13.0 Å². The fourth-order valence-electron chi connectivity index (χ4n) is 2.67. The highest BCUT2D eigenvalue weighted by molar-refractivity contribution is 9.10. The second-order valence-electron chi connectivity index (χ2n) is 5.47. The highest BCUT2D eigenvalue weighted by atomic mass is 79.9. The summed E-state index contributed by atoms with van der Waals surface area (Å²) in [5.41, 5.74) is 0.912. The van der Waals surface area contributed by atoms with Gasteiger partial charge in [0.25, 0.3) is 0 Å². The van der Waals surface area contributed by atoms with Gasteiger partial charge in [-0.05, 0) is 36.8 Å². The van der Waals surface area contributed by atoms with Crippen LogP contribution < -0.4 is 10.2 Å². The number of pyridine rings is 1.